The van der Waals surface area contributed by atoms with E-state index < -0.39 is 0 Å². The molecule has 2 rings (SSSR count). The largest absolute Gasteiger partial charge is 0.396 e. The van der Waals surface area contributed by atoms with E-state index in [0.717, 1.165) is 35.4 Å². The third kappa shape index (κ3) is 5.41. The monoisotopic (exact) mass is 385 g/mol. The summed E-state index contributed by atoms with van der Waals surface area (Å²) in [7, 11) is 0. The Hall–Kier alpha value is -1.74. The molecule has 0 amide bonds. The smallest absolute Gasteiger partial charge is 0.123 e. The lowest BCUT2D eigenvalue weighted by molar-refractivity contribution is 0.299. The van der Waals surface area contributed by atoms with Crippen molar-refractivity contribution >= 4 is 0 Å². The Kier molecular flexibility index (Phi) is 8.62. The molecule has 0 aliphatic heterocycles. The highest BCUT2D eigenvalue weighted by Gasteiger charge is 2.23. The topological polar surface area (TPSA) is 33.1 Å². The Bertz CT molecular complexity index is 750. The Morgan fingerprint density at radius 3 is 1.93 bits per heavy atom. The van der Waals surface area contributed by atoms with Gasteiger partial charge in [-0.1, -0.05) is 66.0 Å². The molecular formula is C25H36FNO. The van der Waals surface area contributed by atoms with E-state index in [9.17, 15) is 9.50 Å². The third-order valence-corrected chi connectivity index (χ3v) is 5.33. The van der Waals surface area contributed by atoms with E-state index in [1.165, 1.54) is 42.5 Å². The zero-order valence-electron chi connectivity index (χ0n) is 18.2. The van der Waals surface area contributed by atoms with Crippen LogP contribution < -0.4 is 0 Å². The molecule has 1 aromatic carbocycles. The highest BCUT2D eigenvalue weighted by Crippen LogP contribution is 2.37. The summed E-state index contributed by atoms with van der Waals surface area (Å²) in [6, 6.07) is 6.80. The van der Waals surface area contributed by atoms with Gasteiger partial charge < -0.3 is 5.11 Å². The first kappa shape index (κ1) is 22.5. The molecule has 2 aromatic rings. The Morgan fingerprint density at radius 1 is 0.857 bits per heavy atom. The highest BCUT2D eigenvalue weighted by atomic mass is 19.1. The molecule has 0 bridgehead atoms. The van der Waals surface area contributed by atoms with Gasteiger partial charge in [0.05, 0.1) is 0 Å². The fraction of sp³-hybridized carbons (Fsp3) is 0.560. The number of aromatic nitrogens is 1. The number of unbranched alkanes of at least 4 members (excludes halogenated alkanes) is 3. The quantitative estimate of drug-likeness (QED) is 0.457. The number of halogens is 1. The molecule has 0 unspecified atom stereocenters. The van der Waals surface area contributed by atoms with Gasteiger partial charge >= 0.3 is 0 Å². The molecule has 3 heteroatoms. The van der Waals surface area contributed by atoms with Crippen molar-refractivity contribution in [2.45, 2.75) is 85.0 Å². The number of benzene rings is 1. The Morgan fingerprint density at radius 2 is 1.43 bits per heavy atom. The highest BCUT2D eigenvalue weighted by molar-refractivity contribution is 5.73. The lowest BCUT2D eigenvalue weighted by Gasteiger charge is -2.25. The molecule has 0 aliphatic carbocycles. The van der Waals surface area contributed by atoms with E-state index in [-0.39, 0.29) is 18.3 Å². The van der Waals surface area contributed by atoms with Gasteiger partial charge in [-0.15, -0.1) is 0 Å². The molecule has 28 heavy (non-hydrogen) atoms. The van der Waals surface area contributed by atoms with Crippen molar-refractivity contribution in [3.8, 4) is 11.1 Å². The summed E-state index contributed by atoms with van der Waals surface area (Å²) in [4.78, 5) is 5.11. The first-order chi connectivity index (χ1) is 13.4. The van der Waals surface area contributed by atoms with Crippen LogP contribution in [0.3, 0.4) is 0 Å². The molecule has 0 saturated heterocycles. The molecule has 0 fully saturated rings. The van der Waals surface area contributed by atoms with Gasteiger partial charge in [-0.05, 0) is 65.5 Å². The van der Waals surface area contributed by atoms with E-state index in [1.54, 1.807) is 0 Å². The van der Waals surface area contributed by atoms with Crippen LogP contribution in [0.5, 0.6) is 0 Å². The number of aliphatic hydroxyl groups is 1. The van der Waals surface area contributed by atoms with Gasteiger partial charge in [-0.3, -0.25) is 4.98 Å². The molecule has 1 aromatic heterocycles. The second kappa shape index (κ2) is 10.7. The van der Waals surface area contributed by atoms with Gasteiger partial charge in [-0.2, -0.15) is 0 Å². The van der Waals surface area contributed by atoms with Crippen molar-refractivity contribution in [2.24, 2.45) is 0 Å². The summed E-state index contributed by atoms with van der Waals surface area (Å²) in [5.41, 5.74) is 6.83. The lowest BCUT2D eigenvalue weighted by Crippen LogP contribution is -2.13. The van der Waals surface area contributed by atoms with Crippen LogP contribution >= 0.6 is 0 Å². The van der Waals surface area contributed by atoms with Gasteiger partial charge in [0, 0.05) is 18.0 Å². The summed E-state index contributed by atoms with van der Waals surface area (Å²) in [6.07, 6.45) is 6.34. The molecule has 0 atom stereocenters. The van der Waals surface area contributed by atoms with Crippen molar-refractivity contribution < 1.29 is 9.50 Å². The molecule has 154 valence electrons. The van der Waals surface area contributed by atoms with E-state index in [0.29, 0.717) is 12.3 Å². The van der Waals surface area contributed by atoms with E-state index in [1.807, 2.05) is 12.1 Å². The molecule has 2 nitrogen and oxygen atoms in total. The predicted octanol–water partition coefficient (Wildman–Crippen LogP) is 6.79. The number of aliphatic hydroxyl groups excluding tert-OH is 1. The SMILES string of the molecule is CCCCCCc1c(C(C)C)nc(C(C)C)c(CCO)c1-c1ccc(F)cc1. The molecule has 1 N–H and O–H groups in total. The minimum atomic E-state index is -0.223. The van der Waals surface area contributed by atoms with Crippen LogP contribution in [0, 0.1) is 5.82 Å². The summed E-state index contributed by atoms with van der Waals surface area (Å²) >= 11 is 0. The second-order valence-electron chi connectivity index (χ2n) is 8.31. The predicted molar refractivity (Wildman–Crippen MR) is 116 cm³/mol. The number of hydrogen-bond donors (Lipinski definition) is 1. The number of pyridine rings is 1. The van der Waals surface area contributed by atoms with Crippen molar-refractivity contribution in [2.75, 3.05) is 6.61 Å². The molecule has 0 radical (unpaired) electrons. The van der Waals surface area contributed by atoms with Crippen LogP contribution in [0.25, 0.3) is 11.1 Å². The zero-order valence-corrected chi connectivity index (χ0v) is 18.2. The minimum Gasteiger partial charge on any atom is -0.396 e. The summed E-state index contributed by atoms with van der Waals surface area (Å²) in [5.74, 6) is 0.368. The second-order valence-corrected chi connectivity index (χ2v) is 8.31. The van der Waals surface area contributed by atoms with Crippen molar-refractivity contribution in [3.05, 3.63) is 52.6 Å². The summed E-state index contributed by atoms with van der Waals surface area (Å²) < 4.78 is 13.6. The standard InChI is InChI=1S/C25H36FNO/c1-6-7-8-9-10-21-23(19-11-13-20(26)14-12-19)22(15-16-28)25(18(4)5)27-24(21)17(2)3/h11-14,17-18,28H,6-10,15-16H2,1-5H3. The van der Waals surface area contributed by atoms with Crippen LogP contribution in [-0.2, 0) is 12.8 Å². The van der Waals surface area contributed by atoms with E-state index >= 15 is 0 Å². The fourth-order valence-corrected chi connectivity index (χ4v) is 3.97. The van der Waals surface area contributed by atoms with Gasteiger partial charge in [0.15, 0.2) is 0 Å². The van der Waals surface area contributed by atoms with Crippen LogP contribution in [0.2, 0.25) is 0 Å². The average molecular weight is 386 g/mol. The van der Waals surface area contributed by atoms with E-state index in [4.69, 9.17) is 4.98 Å². The molecular weight excluding hydrogens is 349 g/mol. The normalized spacial score (nSPS) is 11.6. The van der Waals surface area contributed by atoms with Crippen molar-refractivity contribution in [1.82, 2.24) is 4.98 Å². The fourth-order valence-electron chi connectivity index (χ4n) is 3.97. The molecule has 0 aliphatic rings. The van der Waals surface area contributed by atoms with E-state index in [2.05, 4.69) is 34.6 Å². The van der Waals surface area contributed by atoms with Crippen LogP contribution in [0.1, 0.15) is 94.7 Å². The van der Waals surface area contributed by atoms with Crippen LogP contribution in [0.4, 0.5) is 4.39 Å². The number of rotatable bonds is 10. The van der Waals surface area contributed by atoms with Crippen molar-refractivity contribution in [3.63, 3.8) is 0 Å². The summed E-state index contributed by atoms with van der Waals surface area (Å²) in [6.45, 7) is 11.0. The first-order valence-corrected chi connectivity index (χ1v) is 10.8. The van der Waals surface area contributed by atoms with Gasteiger partial charge in [-0.25, -0.2) is 4.39 Å². The first-order valence-electron chi connectivity index (χ1n) is 10.8. The number of hydrogen-bond acceptors (Lipinski definition) is 2. The maximum atomic E-state index is 13.6. The van der Waals surface area contributed by atoms with Gasteiger partial charge in [0.1, 0.15) is 5.82 Å². The van der Waals surface area contributed by atoms with Crippen molar-refractivity contribution in [1.29, 1.82) is 0 Å². The Labute approximate surface area is 170 Å². The zero-order chi connectivity index (χ0) is 20.7. The molecule has 0 spiro atoms. The maximum absolute atomic E-state index is 13.6. The maximum Gasteiger partial charge on any atom is 0.123 e. The van der Waals surface area contributed by atoms with Crippen LogP contribution in [-0.4, -0.2) is 16.7 Å². The van der Waals surface area contributed by atoms with Gasteiger partial charge in [0.2, 0.25) is 0 Å². The van der Waals surface area contributed by atoms with Crippen LogP contribution in [0.15, 0.2) is 24.3 Å². The molecule has 0 saturated carbocycles. The number of nitrogens with zero attached hydrogens (tertiary/aromatic N) is 1. The average Bonchev–Trinajstić information content (AvgIpc) is 2.66. The minimum absolute atomic E-state index is 0.0892. The Balaban J connectivity index is 2.72. The van der Waals surface area contributed by atoms with Gasteiger partial charge in [0.25, 0.3) is 0 Å². The molecule has 1 heterocycles. The lowest BCUT2D eigenvalue weighted by atomic mass is 9.84. The summed E-state index contributed by atoms with van der Waals surface area (Å²) in [5, 5.41) is 9.77. The third-order valence-electron chi connectivity index (χ3n) is 5.33.